The molecule has 2 aliphatic heterocycles. The van der Waals surface area contributed by atoms with Gasteiger partial charge in [-0.1, -0.05) is 30.3 Å². The van der Waals surface area contributed by atoms with Gasteiger partial charge in [-0.05, 0) is 32.0 Å². The van der Waals surface area contributed by atoms with Crippen LogP contribution in [0.1, 0.15) is 18.4 Å². The summed E-state index contributed by atoms with van der Waals surface area (Å²) in [5.41, 5.74) is 1.10. The first-order valence-electron chi connectivity index (χ1n) is 11.6. The molecule has 0 unspecified atom stereocenters. The second-order valence-electron chi connectivity index (χ2n) is 8.61. The van der Waals surface area contributed by atoms with E-state index in [-0.39, 0.29) is 11.9 Å². The van der Waals surface area contributed by atoms with Gasteiger partial charge in [0.15, 0.2) is 0 Å². The van der Waals surface area contributed by atoms with E-state index in [9.17, 15) is 9.59 Å². The second kappa shape index (κ2) is 12.6. The number of amides is 3. The van der Waals surface area contributed by atoms with Crippen LogP contribution in [0.2, 0.25) is 0 Å². The van der Waals surface area contributed by atoms with E-state index in [4.69, 9.17) is 0 Å². The number of rotatable bonds is 9. The molecular formula is C23H38N6O2. The topological polar surface area (TPSA) is 71.2 Å². The number of hydrogen-bond donors (Lipinski definition) is 2. The van der Waals surface area contributed by atoms with Crippen LogP contribution in [0.3, 0.4) is 0 Å². The maximum Gasteiger partial charge on any atom is 0.317 e. The Morgan fingerprint density at radius 1 is 0.839 bits per heavy atom. The summed E-state index contributed by atoms with van der Waals surface area (Å²) in [5.74, 6) is 0.0297. The molecule has 0 aromatic heterocycles. The van der Waals surface area contributed by atoms with Gasteiger partial charge in [0, 0.05) is 65.4 Å². The van der Waals surface area contributed by atoms with Gasteiger partial charge in [-0.25, -0.2) is 4.79 Å². The molecule has 2 saturated heterocycles. The summed E-state index contributed by atoms with van der Waals surface area (Å²) in [7, 11) is 2.17. The first kappa shape index (κ1) is 23.5. The number of unbranched alkanes of at least 4 members (excludes halogenated alkanes) is 1. The van der Waals surface area contributed by atoms with E-state index in [1.807, 2.05) is 35.2 Å². The van der Waals surface area contributed by atoms with E-state index in [0.29, 0.717) is 26.2 Å². The number of likely N-dealkylation sites (N-methyl/N-ethyl adjacent to an activating group) is 1. The molecule has 1 aromatic rings. The quantitative estimate of drug-likeness (QED) is 0.563. The standard InChI is InChI=1S/C23H38N6O2/c1-26-11-13-27(14-12-26)10-6-5-9-24-23(31)29-17-15-28(16-18-29)20-22(30)25-19-21-7-3-2-4-8-21/h2-4,7-8H,5-6,9-20H2,1H3,(H,24,31)(H,25,30). The van der Waals surface area contributed by atoms with Crippen LogP contribution in [-0.2, 0) is 11.3 Å². The van der Waals surface area contributed by atoms with Gasteiger partial charge in [0.25, 0.3) is 0 Å². The average Bonchev–Trinajstić information content (AvgIpc) is 2.80. The van der Waals surface area contributed by atoms with Crippen LogP contribution in [0.15, 0.2) is 30.3 Å². The number of benzene rings is 1. The van der Waals surface area contributed by atoms with Crippen LogP contribution in [-0.4, -0.2) is 111 Å². The lowest BCUT2D eigenvalue weighted by Crippen LogP contribution is -2.53. The molecule has 31 heavy (non-hydrogen) atoms. The number of urea groups is 1. The zero-order valence-electron chi connectivity index (χ0n) is 18.9. The summed E-state index contributed by atoms with van der Waals surface area (Å²) < 4.78 is 0. The van der Waals surface area contributed by atoms with Gasteiger partial charge in [0.2, 0.25) is 5.91 Å². The van der Waals surface area contributed by atoms with Crippen molar-refractivity contribution in [3.63, 3.8) is 0 Å². The molecule has 1 aromatic carbocycles. The van der Waals surface area contributed by atoms with Crippen molar-refractivity contribution in [2.24, 2.45) is 0 Å². The Labute approximate surface area is 186 Å². The lowest BCUT2D eigenvalue weighted by Gasteiger charge is -2.34. The Kier molecular flexibility index (Phi) is 9.58. The molecule has 0 spiro atoms. The number of nitrogens with zero attached hydrogens (tertiary/aromatic N) is 4. The predicted octanol–water partition coefficient (Wildman–Crippen LogP) is 0.658. The number of carbonyl (C=O) groups is 2. The number of nitrogens with one attached hydrogen (secondary N) is 2. The minimum absolute atomic E-state index is 0.0211. The van der Waals surface area contributed by atoms with E-state index in [0.717, 1.165) is 70.8 Å². The molecule has 8 heteroatoms. The Balaban J connectivity index is 1.22. The SMILES string of the molecule is CN1CCN(CCCCNC(=O)N2CCN(CC(=O)NCc3ccccc3)CC2)CC1. The number of piperazine rings is 2. The predicted molar refractivity (Wildman–Crippen MR) is 123 cm³/mol. The van der Waals surface area contributed by atoms with E-state index in [1.165, 1.54) is 0 Å². The molecule has 0 aliphatic carbocycles. The minimum atomic E-state index is 0.0211. The first-order valence-corrected chi connectivity index (χ1v) is 11.6. The highest BCUT2D eigenvalue weighted by molar-refractivity contribution is 5.78. The van der Waals surface area contributed by atoms with Crippen LogP contribution in [0.4, 0.5) is 4.79 Å². The molecule has 0 radical (unpaired) electrons. The van der Waals surface area contributed by atoms with E-state index >= 15 is 0 Å². The van der Waals surface area contributed by atoms with E-state index in [2.05, 4.69) is 32.4 Å². The van der Waals surface area contributed by atoms with E-state index in [1.54, 1.807) is 0 Å². The van der Waals surface area contributed by atoms with Crippen LogP contribution in [0.25, 0.3) is 0 Å². The van der Waals surface area contributed by atoms with Crippen LogP contribution in [0.5, 0.6) is 0 Å². The van der Waals surface area contributed by atoms with Gasteiger partial charge >= 0.3 is 6.03 Å². The molecule has 3 amide bonds. The second-order valence-corrected chi connectivity index (χ2v) is 8.61. The van der Waals surface area contributed by atoms with Crippen LogP contribution < -0.4 is 10.6 Å². The molecule has 2 heterocycles. The van der Waals surface area contributed by atoms with Crippen molar-refractivity contribution < 1.29 is 9.59 Å². The molecule has 0 atom stereocenters. The fourth-order valence-corrected chi connectivity index (χ4v) is 4.00. The number of carbonyl (C=O) groups excluding carboxylic acids is 2. The Bertz CT molecular complexity index is 670. The van der Waals surface area contributed by atoms with Crippen molar-refractivity contribution >= 4 is 11.9 Å². The third-order valence-electron chi connectivity index (χ3n) is 6.13. The van der Waals surface area contributed by atoms with Gasteiger partial charge in [-0.15, -0.1) is 0 Å². The van der Waals surface area contributed by atoms with Crippen LogP contribution >= 0.6 is 0 Å². The van der Waals surface area contributed by atoms with Gasteiger partial charge in [-0.2, -0.15) is 0 Å². The molecule has 2 fully saturated rings. The Morgan fingerprint density at radius 3 is 2.23 bits per heavy atom. The summed E-state index contributed by atoms with van der Waals surface area (Å²) in [5, 5.41) is 6.02. The van der Waals surface area contributed by atoms with Crippen molar-refractivity contribution in [2.45, 2.75) is 19.4 Å². The maximum atomic E-state index is 12.4. The molecule has 2 aliphatic rings. The lowest BCUT2D eigenvalue weighted by atomic mass is 10.2. The zero-order valence-corrected chi connectivity index (χ0v) is 18.9. The minimum Gasteiger partial charge on any atom is -0.351 e. The highest BCUT2D eigenvalue weighted by atomic mass is 16.2. The first-order chi connectivity index (χ1) is 15.1. The van der Waals surface area contributed by atoms with Gasteiger partial charge in [-0.3, -0.25) is 9.69 Å². The highest BCUT2D eigenvalue weighted by Crippen LogP contribution is 2.04. The molecule has 3 rings (SSSR count). The van der Waals surface area contributed by atoms with Crippen molar-refractivity contribution in [2.75, 3.05) is 79.0 Å². The van der Waals surface area contributed by atoms with Gasteiger partial charge in [0.1, 0.15) is 0 Å². The fourth-order valence-electron chi connectivity index (χ4n) is 4.00. The summed E-state index contributed by atoms with van der Waals surface area (Å²) in [4.78, 5) is 33.4. The summed E-state index contributed by atoms with van der Waals surface area (Å²) in [6, 6.07) is 9.94. The lowest BCUT2D eigenvalue weighted by molar-refractivity contribution is -0.122. The summed E-state index contributed by atoms with van der Waals surface area (Å²) in [6.45, 7) is 10.2. The smallest absolute Gasteiger partial charge is 0.317 e. The molecule has 0 saturated carbocycles. The van der Waals surface area contributed by atoms with Crippen molar-refractivity contribution in [1.82, 2.24) is 30.2 Å². The highest BCUT2D eigenvalue weighted by Gasteiger charge is 2.22. The molecule has 2 N–H and O–H groups in total. The molecule has 8 nitrogen and oxygen atoms in total. The summed E-state index contributed by atoms with van der Waals surface area (Å²) >= 11 is 0. The molecular weight excluding hydrogens is 392 g/mol. The maximum absolute atomic E-state index is 12.4. The van der Waals surface area contributed by atoms with Crippen molar-refractivity contribution in [3.05, 3.63) is 35.9 Å². The Morgan fingerprint density at radius 2 is 1.52 bits per heavy atom. The third kappa shape index (κ3) is 8.47. The number of hydrogen-bond acceptors (Lipinski definition) is 5. The molecule has 0 bridgehead atoms. The largest absolute Gasteiger partial charge is 0.351 e. The zero-order chi connectivity index (χ0) is 21.9. The molecule has 172 valence electrons. The van der Waals surface area contributed by atoms with Crippen LogP contribution in [0, 0.1) is 0 Å². The summed E-state index contributed by atoms with van der Waals surface area (Å²) in [6.07, 6.45) is 2.13. The van der Waals surface area contributed by atoms with Gasteiger partial charge in [0.05, 0.1) is 6.54 Å². The Hall–Kier alpha value is -2.16. The van der Waals surface area contributed by atoms with Gasteiger partial charge < -0.3 is 25.3 Å². The third-order valence-corrected chi connectivity index (χ3v) is 6.13. The average molecular weight is 431 g/mol. The van der Waals surface area contributed by atoms with Crippen molar-refractivity contribution in [3.8, 4) is 0 Å². The van der Waals surface area contributed by atoms with Crippen molar-refractivity contribution in [1.29, 1.82) is 0 Å². The van der Waals surface area contributed by atoms with E-state index < -0.39 is 0 Å². The normalized spacial score (nSPS) is 18.7. The fraction of sp³-hybridized carbons (Fsp3) is 0.652. The monoisotopic (exact) mass is 430 g/mol.